The molecule has 2 aliphatic rings. The predicted octanol–water partition coefficient (Wildman–Crippen LogP) is 2.93. The van der Waals surface area contributed by atoms with Crippen molar-refractivity contribution in [1.29, 1.82) is 0 Å². The molecule has 0 bridgehead atoms. The molecule has 2 saturated carbocycles. The molecule has 20 heavy (non-hydrogen) atoms. The first-order valence-electron chi connectivity index (χ1n) is 7.43. The molecule has 5 nitrogen and oxygen atoms in total. The van der Waals surface area contributed by atoms with Gasteiger partial charge in [0.1, 0.15) is 11.6 Å². The van der Waals surface area contributed by atoms with Crippen LogP contribution in [0, 0.1) is 11.3 Å². The molecular weight excluding hydrogens is 258 g/mol. The minimum absolute atomic E-state index is 0.0197. The third-order valence-corrected chi connectivity index (χ3v) is 4.46. The fourth-order valence-electron chi connectivity index (χ4n) is 3.08. The van der Waals surface area contributed by atoms with Crippen molar-refractivity contribution in [1.82, 2.24) is 5.32 Å². The molecule has 0 saturated heterocycles. The Bertz CT molecular complexity index is 385. The molecule has 0 aromatic rings. The number of carboxylic acid groups (broad SMARTS) is 1. The zero-order valence-corrected chi connectivity index (χ0v) is 12.6. The molecule has 1 atom stereocenters. The Morgan fingerprint density at radius 2 is 1.75 bits per heavy atom. The maximum Gasteiger partial charge on any atom is 0.408 e. The van der Waals surface area contributed by atoms with E-state index in [1.54, 1.807) is 20.8 Å². The fraction of sp³-hybridized carbons (Fsp3) is 0.867. The highest BCUT2D eigenvalue weighted by atomic mass is 16.6. The molecule has 0 radical (unpaired) electrons. The van der Waals surface area contributed by atoms with Crippen LogP contribution in [0.4, 0.5) is 4.79 Å². The maximum atomic E-state index is 11.8. The number of ether oxygens (including phenoxy) is 1. The molecule has 2 rings (SSSR count). The molecule has 0 aromatic heterocycles. The molecule has 0 aromatic carbocycles. The normalized spacial score (nSPS) is 23.1. The Hall–Kier alpha value is -1.26. The van der Waals surface area contributed by atoms with Crippen LogP contribution < -0.4 is 5.32 Å². The number of aliphatic carboxylic acids is 1. The van der Waals surface area contributed by atoms with Gasteiger partial charge in [0.05, 0.1) is 0 Å². The van der Waals surface area contributed by atoms with Crippen molar-refractivity contribution in [3.63, 3.8) is 0 Å². The number of rotatable bonds is 3. The second-order valence-electron chi connectivity index (χ2n) is 7.30. The summed E-state index contributed by atoms with van der Waals surface area (Å²) in [6, 6.07) is -0.832. The standard InChI is InChI=1S/C15H25NO4/c1-14(2,3)20-13(19)16-11(12(17)18)10-4-6-15(7-5-10)8-9-15/h10-11H,4-9H2,1-3H3,(H,16,19)(H,17,18). The molecule has 0 aliphatic heterocycles. The van der Waals surface area contributed by atoms with Crippen molar-refractivity contribution < 1.29 is 19.4 Å². The van der Waals surface area contributed by atoms with E-state index in [9.17, 15) is 14.7 Å². The minimum Gasteiger partial charge on any atom is -0.480 e. The largest absolute Gasteiger partial charge is 0.480 e. The Morgan fingerprint density at radius 1 is 1.20 bits per heavy atom. The van der Waals surface area contributed by atoms with Crippen molar-refractivity contribution >= 4 is 12.1 Å². The summed E-state index contributed by atoms with van der Waals surface area (Å²) in [5.74, 6) is -0.946. The van der Waals surface area contributed by atoms with Crippen LogP contribution in [0.2, 0.25) is 0 Å². The van der Waals surface area contributed by atoms with Crippen LogP contribution in [0.3, 0.4) is 0 Å². The van der Waals surface area contributed by atoms with Crippen LogP contribution in [-0.4, -0.2) is 28.8 Å². The van der Waals surface area contributed by atoms with Gasteiger partial charge in [0.25, 0.3) is 0 Å². The van der Waals surface area contributed by atoms with Gasteiger partial charge in [-0.3, -0.25) is 0 Å². The van der Waals surface area contributed by atoms with Gasteiger partial charge in [-0.2, -0.15) is 0 Å². The van der Waals surface area contributed by atoms with E-state index in [2.05, 4.69) is 5.32 Å². The molecule has 2 N–H and O–H groups in total. The van der Waals surface area contributed by atoms with E-state index in [1.165, 1.54) is 12.8 Å². The lowest BCUT2D eigenvalue weighted by molar-refractivity contribution is -0.141. The van der Waals surface area contributed by atoms with Crippen LogP contribution in [0.15, 0.2) is 0 Å². The lowest BCUT2D eigenvalue weighted by atomic mass is 9.76. The van der Waals surface area contributed by atoms with Gasteiger partial charge < -0.3 is 15.2 Å². The summed E-state index contributed by atoms with van der Waals surface area (Å²) in [4.78, 5) is 23.2. The average Bonchev–Trinajstić information content (AvgIpc) is 3.05. The second kappa shape index (κ2) is 5.26. The van der Waals surface area contributed by atoms with Gasteiger partial charge in [-0.25, -0.2) is 9.59 Å². The topological polar surface area (TPSA) is 75.6 Å². The Kier molecular flexibility index (Phi) is 3.98. The van der Waals surface area contributed by atoms with Crippen molar-refractivity contribution in [2.24, 2.45) is 11.3 Å². The van der Waals surface area contributed by atoms with Crippen molar-refractivity contribution in [2.75, 3.05) is 0 Å². The molecule has 5 heteroatoms. The second-order valence-corrected chi connectivity index (χ2v) is 7.30. The third-order valence-electron chi connectivity index (χ3n) is 4.46. The van der Waals surface area contributed by atoms with E-state index < -0.39 is 23.7 Å². The van der Waals surface area contributed by atoms with Crippen molar-refractivity contribution in [2.45, 2.75) is 70.9 Å². The zero-order valence-electron chi connectivity index (χ0n) is 12.6. The first-order valence-corrected chi connectivity index (χ1v) is 7.43. The molecule has 2 fully saturated rings. The summed E-state index contributed by atoms with van der Waals surface area (Å²) in [6.07, 6.45) is 5.89. The van der Waals surface area contributed by atoms with Gasteiger partial charge in [0.2, 0.25) is 0 Å². The van der Waals surface area contributed by atoms with Crippen molar-refractivity contribution in [3.8, 4) is 0 Å². The Labute approximate surface area is 120 Å². The highest BCUT2D eigenvalue weighted by molar-refractivity contribution is 5.80. The number of nitrogens with one attached hydrogen (secondary N) is 1. The van der Waals surface area contributed by atoms with E-state index in [0.717, 1.165) is 25.7 Å². The molecule has 114 valence electrons. The number of hydrogen-bond acceptors (Lipinski definition) is 3. The van der Waals surface area contributed by atoms with Gasteiger partial charge in [-0.15, -0.1) is 0 Å². The van der Waals surface area contributed by atoms with Crippen LogP contribution in [0.25, 0.3) is 0 Å². The van der Waals surface area contributed by atoms with Crippen LogP contribution in [-0.2, 0) is 9.53 Å². The summed E-state index contributed by atoms with van der Waals surface area (Å²) in [5, 5.41) is 11.9. The predicted molar refractivity (Wildman–Crippen MR) is 74.4 cm³/mol. The number of amides is 1. The van der Waals surface area contributed by atoms with Crippen molar-refractivity contribution in [3.05, 3.63) is 0 Å². The monoisotopic (exact) mass is 283 g/mol. The van der Waals surface area contributed by atoms with E-state index in [1.807, 2.05) is 0 Å². The highest BCUT2D eigenvalue weighted by Crippen LogP contribution is 2.57. The number of alkyl carbamates (subject to hydrolysis) is 1. The smallest absolute Gasteiger partial charge is 0.408 e. The van der Waals surface area contributed by atoms with Gasteiger partial charge in [0.15, 0.2) is 0 Å². The minimum atomic E-state index is -0.965. The number of carboxylic acids is 1. The summed E-state index contributed by atoms with van der Waals surface area (Å²) >= 11 is 0. The van der Waals surface area contributed by atoms with Gasteiger partial charge in [-0.05, 0) is 70.6 Å². The van der Waals surface area contributed by atoms with Crippen LogP contribution >= 0.6 is 0 Å². The maximum absolute atomic E-state index is 11.8. The lowest BCUT2D eigenvalue weighted by Crippen LogP contribution is -2.48. The van der Waals surface area contributed by atoms with Gasteiger partial charge >= 0.3 is 12.1 Å². The number of carbonyl (C=O) groups is 2. The summed E-state index contributed by atoms with van der Waals surface area (Å²) in [6.45, 7) is 5.29. The first-order chi connectivity index (χ1) is 9.21. The highest BCUT2D eigenvalue weighted by Gasteiger charge is 2.47. The molecule has 1 amide bonds. The summed E-state index contributed by atoms with van der Waals surface area (Å²) in [7, 11) is 0. The molecular formula is C15H25NO4. The molecule has 2 aliphatic carbocycles. The number of hydrogen-bond donors (Lipinski definition) is 2. The Balaban J connectivity index is 1.90. The van der Waals surface area contributed by atoms with Gasteiger partial charge in [-0.1, -0.05) is 0 Å². The van der Waals surface area contributed by atoms with E-state index in [4.69, 9.17) is 4.74 Å². The van der Waals surface area contributed by atoms with E-state index in [-0.39, 0.29) is 5.92 Å². The zero-order chi connectivity index (χ0) is 15.0. The average molecular weight is 283 g/mol. The SMILES string of the molecule is CC(C)(C)OC(=O)NC(C(=O)O)C1CCC2(CC1)CC2. The number of carbonyl (C=O) groups excluding carboxylic acids is 1. The van der Waals surface area contributed by atoms with Crippen LogP contribution in [0.1, 0.15) is 59.3 Å². The first kappa shape index (κ1) is 15.1. The fourth-order valence-corrected chi connectivity index (χ4v) is 3.08. The van der Waals surface area contributed by atoms with Crippen LogP contribution in [0.5, 0.6) is 0 Å². The Morgan fingerprint density at radius 3 is 2.15 bits per heavy atom. The molecule has 1 unspecified atom stereocenters. The third kappa shape index (κ3) is 3.87. The van der Waals surface area contributed by atoms with E-state index in [0.29, 0.717) is 5.41 Å². The van der Waals surface area contributed by atoms with Gasteiger partial charge in [0, 0.05) is 0 Å². The summed E-state index contributed by atoms with van der Waals surface area (Å²) in [5.41, 5.74) is -0.0940. The molecule has 1 spiro atoms. The molecule has 0 heterocycles. The lowest BCUT2D eigenvalue weighted by Gasteiger charge is -2.32. The van der Waals surface area contributed by atoms with E-state index >= 15 is 0 Å². The summed E-state index contributed by atoms with van der Waals surface area (Å²) < 4.78 is 5.15. The quantitative estimate of drug-likeness (QED) is 0.835.